The van der Waals surface area contributed by atoms with Crippen LogP contribution in [0.1, 0.15) is 6.42 Å². The molecule has 0 radical (unpaired) electrons. The van der Waals surface area contributed by atoms with Crippen LogP contribution in [0.5, 0.6) is 0 Å². The first-order valence-electron chi connectivity index (χ1n) is 2.73. The van der Waals surface area contributed by atoms with Crippen LogP contribution in [0, 0.1) is 0 Å². The summed E-state index contributed by atoms with van der Waals surface area (Å²) in [4.78, 5) is 0. The molecule has 0 heterocycles. The molecule has 0 saturated carbocycles. The summed E-state index contributed by atoms with van der Waals surface area (Å²) in [5, 5.41) is 0. The topological polar surface area (TPSA) is 34.1 Å². The Hall–Kier alpha value is -0.0400. The normalized spacial score (nSPS) is 13.8. The van der Waals surface area contributed by atoms with Gasteiger partial charge in [-0.25, -0.2) is 26.0 Å². The van der Waals surface area contributed by atoms with Crippen LogP contribution >= 0.6 is 10.7 Å². The minimum absolute atomic E-state index is 1.16. The van der Waals surface area contributed by atoms with Crippen molar-refractivity contribution in [3.63, 3.8) is 0 Å². The molecule has 0 bridgehead atoms. The van der Waals surface area contributed by atoms with Gasteiger partial charge in [0.1, 0.15) is 0 Å². The van der Waals surface area contributed by atoms with Crippen molar-refractivity contribution >= 4 is 19.7 Å². The van der Waals surface area contributed by atoms with Crippen molar-refractivity contribution in [2.75, 3.05) is 5.75 Å². The Labute approximate surface area is 70.9 Å². The zero-order valence-corrected chi connectivity index (χ0v) is 7.18. The minimum Gasteiger partial charge on any atom is -0.212 e. The van der Waals surface area contributed by atoms with Crippen LogP contribution in [0.15, 0.2) is 0 Å². The lowest BCUT2D eigenvalue weighted by Crippen LogP contribution is -2.28. The lowest BCUT2D eigenvalue weighted by atomic mass is 10.3. The van der Waals surface area contributed by atoms with Gasteiger partial charge >= 0.3 is 12.3 Å². The molecule has 12 heavy (non-hydrogen) atoms. The maximum absolute atomic E-state index is 12.0. The van der Waals surface area contributed by atoms with Crippen LogP contribution in [-0.2, 0) is 9.05 Å². The van der Waals surface area contributed by atoms with E-state index >= 15 is 0 Å². The van der Waals surface area contributed by atoms with E-state index in [1.165, 1.54) is 0 Å². The lowest BCUT2D eigenvalue weighted by Gasteiger charge is -2.13. The first-order chi connectivity index (χ1) is 5.15. The van der Waals surface area contributed by atoms with Crippen molar-refractivity contribution in [1.29, 1.82) is 0 Å². The molecule has 0 N–H and O–H groups in total. The highest BCUT2D eigenvalue weighted by Crippen LogP contribution is 2.27. The monoisotopic (exact) mass is 228 g/mol. The second-order valence-corrected chi connectivity index (χ2v) is 4.95. The van der Waals surface area contributed by atoms with Crippen LogP contribution in [0.25, 0.3) is 0 Å². The van der Waals surface area contributed by atoms with Gasteiger partial charge in [-0.2, -0.15) is 0 Å². The summed E-state index contributed by atoms with van der Waals surface area (Å²) in [6.45, 7) is 0. The smallest absolute Gasteiger partial charge is 0.212 e. The van der Waals surface area contributed by atoms with Crippen molar-refractivity contribution < 1.29 is 26.0 Å². The maximum Gasteiger partial charge on any atom is 0.308 e. The molecular formula is C4H5ClF4O2S. The van der Waals surface area contributed by atoms with Gasteiger partial charge in [-0.15, -0.1) is 0 Å². The zero-order chi connectivity index (χ0) is 9.99. The first kappa shape index (κ1) is 12.0. The molecule has 0 atom stereocenters. The van der Waals surface area contributed by atoms with Crippen LogP contribution in [0.3, 0.4) is 0 Å². The molecule has 0 rings (SSSR count). The summed E-state index contributed by atoms with van der Waals surface area (Å²) in [5.74, 6) is -5.45. The van der Waals surface area contributed by atoms with Crippen LogP contribution in [0.4, 0.5) is 17.6 Å². The molecule has 2 nitrogen and oxygen atoms in total. The zero-order valence-electron chi connectivity index (χ0n) is 5.61. The van der Waals surface area contributed by atoms with Gasteiger partial charge in [0.25, 0.3) is 0 Å². The molecule has 0 unspecified atom stereocenters. The van der Waals surface area contributed by atoms with E-state index in [1.807, 2.05) is 0 Å². The van der Waals surface area contributed by atoms with E-state index in [9.17, 15) is 26.0 Å². The molecule has 0 aromatic rings. The number of alkyl halides is 4. The quantitative estimate of drug-likeness (QED) is 0.544. The summed E-state index contributed by atoms with van der Waals surface area (Å²) in [7, 11) is 0.406. The average molecular weight is 229 g/mol. The van der Waals surface area contributed by atoms with Gasteiger partial charge in [-0.1, -0.05) is 0 Å². The van der Waals surface area contributed by atoms with Crippen molar-refractivity contribution in [2.45, 2.75) is 18.8 Å². The van der Waals surface area contributed by atoms with E-state index in [4.69, 9.17) is 0 Å². The van der Waals surface area contributed by atoms with E-state index in [2.05, 4.69) is 10.7 Å². The number of hydrogen-bond acceptors (Lipinski definition) is 2. The molecule has 0 aromatic heterocycles. The Kier molecular flexibility index (Phi) is 3.77. The Morgan fingerprint density at radius 1 is 1.33 bits per heavy atom. The first-order valence-corrected chi connectivity index (χ1v) is 5.21. The Bertz CT molecular complexity index is 237. The molecule has 0 saturated heterocycles. The molecule has 0 spiro atoms. The molecule has 0 aromatic carbocycles. The van der Waals surface area contributed by atoms with E-state index in [0.29, 0.717) is 0 Å². The van der Waals surface area contributed by atoms with Gasteiger partial charge in [-0.3, -0.25) is 0 Å². The molecule has 0 aliphatic rings. The number of hydrogen-bond donors (Lipinski definition) is 0. The summed E-state index contributed by atoms with van der Waals surface area (Å²) < 4.78 is 67.0. The van der Waals surface area contributed by atoms with Crippen molar-refractivity contribution in [3.05, 3.63) is 0 Å². The van der Waals surface area contributed by atoms with E-state index in [0.717, 1.165) is 0 Å². The van der Waals surface area contributed by atoms with Crippen molar-refractivity contribution in [1.82, 2.24) is 0 Å². The Balaban J connectivity index is 4.10. The fourth-order valence-corrected chi connectivity index (χ4v) is 1.11. The van der Waals surface area contributed by atoms with Gasteiger partial charge in [0.05, 0.1) is 5.75 Å². The standard InChI is InChI=1S/C4H5ClF4O2S/c5-12(10,11)2-1-4(8,9)3(6)7/h3H,1-2H2. The summed E-state index contributed by atoms with van der Waals surface area (Å²) in [6.07, 6.45) is -5.33. The Morgan fingerprint density at radius 2 is 1.75 bits per heavy atom. The molecule has 0 aliphatic heterocycles. The third kappa shape index (κ3) is 4.76. The highest BCUT2D eigenvalue weighted by Gasteiger charge is 2.41. The maximum atomic E-state index is 12.0. The molecule has 8 heteroatoms. The molecular weight excluding hydrogens is 224 g/mol. The van der Waals surface area contributed by atoms with Crippen molar-refractivity contribution in [3.8, 4) is 0 Å². The second kappa shape index (κ2) is 3.78. The Morgan fingerprint density at radius 3 is 2.00 bits per heavy atom. The fourth-order valence-electron chi connectivity index (χ4n) is 0.367. The largest absolute Gasteiger partial charge is 0.308 e. The molecule has 74 valence electrons. The van der Waals surface area contributed by atoms with Crippen molar-refractivity contribution in [2.24, 2.45) is 0 Å². The van der Waals surface area contributed by atoms with Crippen LogP contribution < -0.4 is 0 Å². The number of halogens is 5. The van der Waals surface area contributed by atoms with E-state index in [-0.39, 0.29) is 0 Å². The predicted molar refractivity (Wildman–Crippen MR) is 35.2 cm³/mol. The molecule has 0 fully saturated rings. The predicted octanol–water partition coefficient (Wildman–Crippen LogP) is 1.85. The highest BCUT2D eigenvalue weighted by molar-refractivity contribution is 8.13. The van der Waals surface area contributed by atoms with Gasteiger partial charge in [0.15, 0.2) is 0 Å². The summed E-state index contributed by atoms with van der Waals surface area (Å²) in [5.41, 5.74) is 0. The van der Waals surface area contributed by atoms with E-state index < -0.39 is 33.6 Å². The second-order valence-electron chi connectivity index (χ2n) is 2.05. The average Bonchev–Trinajstić information content (AvgIpc) is 1.82. The highest BCUT2D eigenvalue weighted by atomic mass is 35.7. The van der Waals surface area contributed by atoms with Crippen LogP contribution in [-0.4, -0.2) is 26.5 Å². The van der Waals surface area contributed by atoms with Gasteiger partial charge in [-0.05, 0) is 0 Å². The van der Waals surface area contributed by atoms with Gasteiger partial charge in [0.2, 0.25) is 9.05 Å². The van der Waals surface area contributed by atoms with Crippen LogP contribution in [0.2, 0.25) is 0 Å². The third-order valence-corrected chi connectivity index (χ3v) is 2.15. The third-order valence-electron chi connectivity index (χ3n) is 0.998. The lowest BCUT2D eigenvalue weighted by molar-refractivity contribution is -0.129. The summed E-state index contributed by atoms with van der Waals surface area (Å²) >= 11 is 0. The van der Waals surface area contributed by atoms with E-state index in [1.54, 1.807) is 0 Å². The minimum atomic E-state index is -4.29. The molecule has 0 amide bonds. The van der Waals surface area contributed by atoms with Gasteiger partial charge < -0.3 is 0 Å². The molecule has 0 aliphatic carbocycles. The fraction of sp³-hybridized carbons (Fsp3) is 1.00. The number of rotatable bonds is 4. The van der Waals surface area contributed by atoms with Gasteiger partial charge in [0, 0.05) is 17.1 Å². The SMILES string of the molecule is O=S(=O)(Cl)CCC(F)(F)C(F)F. The summed E-state index contributed by atoms with van der Waals surface area (Å²) in [6, 6.07) is 0.